The summed E-state index contributed by atoms with van der Waals surface area (Å²) in [5.41, 5.74) is 2.62. The van der Waals surface area contributed by atoms with Crippen LogP contribution in [0.5, 0.6) is 0 Å². The summed E-state index contributed by atoms with van der Waals surface area (Å²) >= 11 is 0. The van der Waals surface area contributed by atoms with Crippen LogP contribution in [0.4, 0.5) is 0 Å². The highest BCUT2D eigenvalue weighted by molar-refractivity contribution is 6.08. The van der Waals surface area contributed by atoms with Gasteiger partial charge in [-0.1, -0.05) is 25.1 Å². The second-order valence-corrected chi connectivity index (χ2v) is 5.76. The topological polar surface area (TPSA) is 56.3 Å². The van der Waals surface area contributed by atoms with E-state index in [1.807, 2.05) is 38.1 Å². The number of aromatic nitrogens is 1. The molecule has 1 amide bonds. The van der Waals surface area contributed by atoms with E-state index in [1.165, 1.54) is 0 Å². The molecule has 1 fully saturated rings. The minimum absolute atomic E-state index is 0.0194. The van der Waals surface area contributed by atoms with E-state index in [4.69, 9.17) is 0 Å². The predicted octanol–water partition coefficient (Wildman–Crippen LogP) is 2.32. The summed E-state index contributed by atoms with van der Waals surface area (Å²) in [6.07, 6.45) is 0.437. The number of rotatable bonds is 1. The fourth-order valence-electron chi connectivity index (χ4n) is 2.94. The van der Waals surface area contributed by atoms with E-state index in [2.05, 4.69) is 4.98 Å². The SMILES string of the molecule is Cc1[nH]c2ccccc2c1C(=O)N1CCC(C)C(O)C1. The van der Waals surface area contributed by atoms with Gasteiger partial charge < -0.3 is 15.0 Å². The summed E-state index contributed by atoms with van der Waals surface area (Å²) < 4.78 is 0. The van der Waals surface area contributed by atoms with Gasteiger partial charge in [0, 0.05) is 29.7 Å². The lowest BCUT2D eigenvalue weighted by atomic mass is 9.95. The Morgan fingerprint density at radius 1 is 1.40 bits per heavy atom. The maximum Gasteiger partial charge on any atom is 0.256 e. The molecule has 1 aromatic carbocycles. The number of aliphatic hydroxyl groups is 1. The number of likely N-dealkylation sites (tertiary alicyclic amines) is 1. The maximum atomic E-state index is 12.7. The molecule has 2 heterocycles. The Hall–Kier alpha value is -1.81. The number of carbonyl (C=O) groups excluding carboxylic acids is 1. The molecule has 0 radical (unpaired) electrons. The first-order chi connectivity index (χ1) is 9.58. The number of benzene rings is 1. The van der Waals surface area contributed by atoms with Gasteiger partial charge in [-0.05, 0) is 25.3 Å². The molecule has 106 valence electrons. The van der Waals surface area contributed by atoms with E-state index in [1.54, 1.807) is 4.90 Å². The number of aromatic amines is 1. The Balaban J connectivity index is 1.95. The number of hydrogen-bond acceptors (Lipinski definition) is 2. The second-order valence-electron chi connectivity index (χ2n) is 5.76. The Morgan fingerprint density at radius 3 is 2.90 bits per heavy atom. The van der Waals surface area contributed by atoms with Gasteiger partial charge in [0.05, 0.1) is 11.7 Å². The quantitative estimate of drug-likeness (QED) is 0.837. The monoisotopic (exact) mass is 272 g/mol. The molecule has 2 N–H and O–H groups in total. The summed E-state index contributed by atoms with van der Waals surface area (Å²) in [5, 5.41) is 10.9. The second kappa shape index (κ2) is 4.94. The molecule has 0 bridgehead atoms. The number of carbonyl (C=O) groups is 1. The number of aryl methyl sites for hydroxylation is 1. The van der Waals surface area contributed by atoms with E-state index < -0.39 is 6.10 Å². The molecule has 1 aromatic heterocycles. The van der Waals surface area contributed by atoms with Crippen LogP contribution in [0.25, 0.3) is 10.9 Å². The molecule has 20 heavy (non-hydrogen) atoms. The molecule has 0 saturated carbocycles. The van der Waals surface area contributed by atoms with Crippen LogP contribution in [0.3, 0.4) is 0 Å². The molecule has 2 aromatic rings. The fraction of sp³-hybridized carbons (Fsp3) is 0.438. The van der Waals surface area contributed by atoms with Gasteiger partial charge in [-0.15, -0.1) is 0 Å². The van der Waals surface area contributed by atoms with Crippen molar-refractivity contribution in [3.63, 3.8) is 0 Å². The van der Waals surface area contributed by atoms with Crippen LogP contribution in [0.15, 0.2) is 24.3 Å². The van der Waals surface area contributed by atoms with Crippen LogP contribution in [-0.2, 0) is 0 Å². The highest BCUT2D eigenvalue weighted by Crippen LogP contribution is 2.25. The Labute approximate surface area is 118 Å². The third kappa shape index (κ3) is 2.10. The number of H-pyrrole nitrogens is 1. The molecule has 1 aliphatic rings. The highest BCUT2D eigenvalue weighted by Gasteiger charge is 2.29. The van der Waals surface area contributed by atoms with Gasteiger partial charge in [0.2, 0.25) is 0 Å². The van der Waals surface area contributed by atoms with E-state index in [9.17, 15) is 9.90 Å². The molecule has 1 aliphatic heterocycles. The summed E-state index contributed by atoms with van der Waals surface area (Å²) in [6.45, 7) is 5.11. The van der Waals surface area contributed by atoms with Crippen molar-refractivity contribution in [2.45, 2.75) is 26.4 Å². The van der Waals surface area contributed by atoms with Crippen molar-refractivity contribution in [1.82, 2.24) is 9.88 Å². The number of para-hydroxylation sites is 1. The number of piperidine rings is 1. The molecular formula is C16H20N2O2. The predicted molar refractivity (Wildman–Crippen MR) is 78.7 cm³/mol. The van der Waals surface area contributed by atoms with Gasteiger partial charge in [-0.2, -0.15) is 0 Å². The van der Waals surface area contributed by atoms with Crippen molar-refractivity contribution < 1.29 is 9.90 Å². The summed E-state index contributed by atoms with van der Waals surface area (Å²) in [6, 6.07) is 7.85. The van der Waals surface area contributed by atoms with Gasteiger partial charge in [0.25, 0.3) is 5.91 Å². The first kappa shape index (κ1) is 13.2. The van der Waals surface area contributed by atoms with Crippen molar-refractivity contribution in [2.75, 3.05) is 13.1 Å². The van der Waals surface area contributed by atoms with Crippen molar-refractivity contribution in [3.8, 4) is 0 Å². The van der Waals surface area contributed by atoms with Crippen LogP contribution in [0.2, 0.25) is 0 Å². The minimum Gasteiger partial charge on any atom is -0.391 e. The number of hydrogen-bond donors (Lipinski definition) is 2. The zero-order valence-corrected chi connectivity index (χ0v) is 11.9. The largest absolute Gasteiger partial charge is 0.391 e. The standard InChI is InChI=1S/C16H20N2O2/c1-10-7-8-18(9-14(10)19)16(20)15-11(2)17-13-6-4-3-5-12(13)15/h3-6,10,14,17,19H,7-9H2,1-2H3. The lowest BCUT2D eigenvalue weighted by molar-refractivity contribution is 0.0249. The van der Waals surface area contributed by atoms with Crippen LogP contribution >= 0.6 is 0 Å². The van der Waals surface area contributed by atoms with Gasteiger partial charge in [0.15, 0.2) is 0 Å². The van der Waals surface area contributed by atoms with Crippen LogP contribution < -0.4 is 0 Å². The van der Waals surface area contributed by atoms with Gasteiger partial charge in [0.1, 0.15) is 0 Å². The van der Waals surface area contributed by atoms with E-state index in [0.29, 0.717) is 6.54 Å². The molecule has 0 spiro atoms. The van der Waals surface area contributed by atoms with Crippen molar-refractivity contribution in [2.24, 2.45) is 5.92 Å². The van der Waals surface area contributed by atoms with Crippen molar-refractivity contribution in [1.29, 1.82) is 0 Å². The Morgan fingerprint density at radius 2 is 2.15 bits per heavy atom. The number of aliphatic hydroxyl groups excluding tert-OH is 1. The lowest BCUT2D eigenvalue weighted by Gasteiger charge is -2.34. The molecule has 2 unspecified atom stereocenters. The molecule has 4 nitrogen and oxygen atoms in total. The third-order valence-electron chi connectivity index (χ3n) is 4.31. The van der Waals surface area contributed by atoms with Crippen molar-refractivity contribution >= 4 is 16.8 Å². The van der Waals surface area contributed by atoms with Crippen LogP contribution in [0.1, 0.15) is 29.4 Å². The lowest BCUT2D eigenvalue weighted by Crippen LogP contribution is -2.45. The summed E-state index contributed by atoms with van der Waals surface area (Å²) in [7, 11) is 0. The summed E-state index contributed by atoms with van der Waals surface area (Å²) in [4.78, 5) is 17.8. The first-order valence-electron chi connectivity index (χ1n) is 7.12. The normalized spacial score (nSPS) is 23.2. The zero-order chi connectivity index (χ0) is 14.3. The van der Waals surface area contributed by atoms with Crippen LogP contribution in [-0.4, -0.2) is 40.1 Å². The number of amides is 1. The smallest absolute Gasteiger partial charge is 0.256 e. The van der Waals surface area contributed by atoms with Gasteiger partial charge in [-0.3, -0.25) is 4.79 Å². The minimum atomic E-state index is -0.418. The fourth-order valence-corrected chi connectivity index (χ4v) is 2.94. The van der Waals surface area contributed by atoms with E-state index in [-0.39, 0.29) is 11.8 Å². The molecule has 0 aliphatic carbocycles. The number of nitrogens with zero attached hydrogens (tertiary/aromatic N) is 1. The first-order valence-corrected chi connectivity index (χ1v) is 7.12. The zero-order valence-electron chi connectivity index (χ0n) is 11.9. The summed E-state index contributed by atoms with van der Waals surface area (Å²) in [5.74, 6) is 0.286. The van der Waals surface area contributed by atoms with E-state index >= 15 is 0 Å². The number of nitrogens with one attached hydrogen (secondary N) is 1. The maximum absolute atomic E-state index is 12.7. The molecule has 4 heteroatoms. The Bertz CT molecular complexity index is 647. The van der Waals surface area contributed by atoms with E-state index in [0.717, 1.165) is 35.1 Å². The molecule has 1 saturated heterocycles. The molecule has 2 atom stereocenters. The number of β-amino-alcohol motifs (C(OH)–C–C–N with tert-alkyl or cyclic N) is 1. The highest BCUT2D eigenvalue weighted by atomic mass is 16.3. The number of fused-ring (bicyclic) bond motifs is 1. The average molecular weight is 272 g/mol. The molecular weight excluding hydrogens is 252 g/mol. The van der Waals surface area contributed by atoms with Crippen molar-refractivity contribution in [3.05, 3.63) is 35.5 Å². The van der Waals surface area contributed by atoms with Gasteiger partial charge >= 0.3 is 0 Å². The van der Waals surface area contributed by atoms with Crippen LogP contribution in [0, 0.1) is 12.8 Å². The third-order valence-corrected chi connectivity index (χ3v) is 4.31. The Kier molecular flexibility index (Phi) is 3.26. The average Bonchev–Trinajstić information content (AvgIpc) is 2.77. The molecule has 3 rings (SSSR count). The van der Waals surface area contributed by atoms with Gasteiger partial charge in [-0.25, -0.2) is 0 Å².